The molecule has 0 bridgehead atoms. The van der Waals surface area contributed by atoms with Crippen molar-refractivity contribution in [2.24, 2.45) is 0 Å². The number of para-hydroxylation sites is 4. The van der Waals surface area contributed by atoms with Crippen molar-refractivity contribution in [1.29, 1.82) is 0 Å². The lowest BCUT2D eigenvalue weighted by Crippen LogP contribution is -2.29. The monoisotopic (exact) mass is 958 g/mol. The molecule has 1 aliphatic carbocycles. The second-order valence-electron chi connectivity index (χ2n) is 19.5. The molecule has 1 aliphatic heterocycles. The van der Waals surface area contributed by atoms with E-state index >= 15 is 0 Å². The molecule has 3 aromatic heterocycles. The molecule has 2 aliphatic rings. The Kier molecular flexibility index (Phi) is 9.91. The van der Waals surface area contributed by atoms with Crippen molar-refractivity contribution in [3.8, 4) is 67.8 Å². The highest BCUT2D eigenvalue weighted by Crippen LogP contribution is 2.51. The van der Waals surface area contributed by atoms with Gasteiger partial charge in [-0.2, -0.15) is 0 Å². The van der Waals surface area contributed by atoms with E-state index in [1.165, 1.54) is 43.8 Å². The van der Waals surface area contributed by atoms with Gasteiger partial charge in [-0.25, -0.2) is 15.0 Å². The van der Waals surface area contributed by atoms with E-state index in [0.717, 1.165) is 67.0 Å². The van der Waals surface area contributed by atoms with Crippen LogP contribution in [0, 0.1) is 0 Å². The Balaban J connectivity index is 0.957. The summed E-state index contributed by atoms with van der Waals surface area (Å²) in [5.41, 5.74) is 17.9. The van der Waals surface area contributed by atoms with Crippen LogP contribution in [0.15, 0.2) is 267 Å². The second kappa shape index (κ2) is 17.4. The Morgan fingerprint density at radius 2 is 0.800 bits per heavy atom. The topological polar surface area (TPSA) is 51.8 Å². The van der Waals surface area contributed by atoms with E-state index in [-0.39, 0.29) is 12.0 Å². The fourth-order valence-electron chi connectivity index (χ4n) is 11.9. The fraction of sp³-hybridized carbons (Fsp3) is 0.0290. The molecular weight excluding hydrogens is 913 g/mol. The number of rotatable bonds is 8. The molecule has 15 rings (SSSR count). The summed E-state index contributed by atoms with van der Waals surface area (Å²) < 4.78 is 4.81. The number of hydrogen-bond acceptors (Lipinski definition) is 4. The van der Waals surface area contributed by atoms with Crippen molar-refractivity contribution in [2.45, 2.75) is 12.0 Å². The van der Waals surface area contributed by atoms with Gasteiger partial charge in [-0.3, -0.25) is 0 Å². The number of hydrogen-bond donors (Lipinski definition) is 0. The molecule has 0 fully saturated rings. The Labute approximate surface area is 434 Å². The van der Waals surface area contributed by atoms with Crippen LogP contribution in [0.2, 0.25) is 0 Å². The van der Waals surface area contributed by atoms with Gasteiger partial charge in [-0.1, -0.05) is 182 Å². The lowest BCUT2D eigenvalue weighted by Gasteiger charge is -2.31. The van der Waals surface area contributed by atoms with Crippen molar-refractivity contribution in [1.82, 2.24) is 24.1 Å². The number of benzene rings is 10. The van der Waals surface area contributed by atoms with Crippen LogP contribution in [0.5, 0.6) is 0 Å². The molecule has 6 heteroatoms. The van der Waals surface area contributed by atoms with Gasteiger partial charge in [-0.05, 0) is 107 Å². The molecular formula is C69H46N6. The van der Waals surface area contributed by atoms with Crippen LogP contribution in [0.4, 0.5) is 11.4 Å². The van der Waals surface area contributed by atoms with Crippen molar-refractivity contribution < 1.29 is 0 Å². The molecule has 0 spiro atoms. The predicted octanol–water partition coefficient (Wildman–Crippen LogP) is 17.1. The van der Waals surface area contributed by atoms with Crippen molar-refractivity contribution in [3.05, 3.63) is 273 Å². The first kappa shape index (κ1) is 42.7. The van der Waals surface area contributed by atoms with Gasteiger partial charge < -0.3 is 14.0 Å². The molecule has 0 saturated carbocycles. The van der Waals surface area contributed by atoms with E-state index in [9.17, 15) is 0 Å². The van der Waals surface area contributed by atoms with Gasteiger partial charge in [0.05, 0.1) is 28.1 Å². The van der Waals surface area contributed by atoms with E-state index in [4.69, 9.17) is 15.0 Å². The van der Waals surface area contributed by atoms with Crippen molar-refractivity contribution in [2.75, 3.05) is 4.90 Å². The zero-order chi connectivity index (χ0) is 49.4. The highest BCUT2D eigenvalue weighted by Gasteiger charge is 2.38. The maximum Gasteiger partial charge on any atom is 0.164 e. The van der Waals surface area contributed by atoms with Crippen LogP contribution in [0.25, 0.3) is 111 Å². The summed E-state index contributed by atoms with van der Waals surface area (Å²) in [5.74, 6) is 2.10. The van der Waals surface area contributed by atoms with Gasteiger partial charge in [0.2, 0.25) is 0 Å². The van der Waals surface area contributed by atoms with Gasteiger partial charge in [0.15, 0.2) is 17.5 Å². The Morgan fingerprint density at radius 3 is 1.49 bits per heavy atom. The van der Waals surface area contributed by atoms with Crippen LogP contribution < -0.4 is 4.90 Å². The fourth-order valence-corrected chi connectivity index (χ4v) is 11.9. The minimum atomic E-state index is 0.104. The highest BCUT2D eigenvalue weighted by atomic mass is 15.2. The van der Waals surface area contributed by atoms with E-state index in [1.807, 2.05) is 36.4 Å². The highest BCUT2D eigenvalue weighted by molar-refractivity contribution is 6.13. The van der Waals surface area contributed by atoms with Gasteiger partial charge >= 0.3 is 0 Å². The van der Waals surface area contributed by atoms with Crippen LogP contribution in [0.3, 0.4) is 0 Å². The van der Waals surface area contributed by atoms with Crippen LogP contribution in [-0.2, 0) is 0 Å². The first-order chi connectivity index (χ1) is 37.2. The molecule has 0 saturated heterocycles. The summed E-state index contributed by atoms with van der Waals surface area (Å²) in [6.07, 6.45) is 9.07. The molecule has 352 valence electrons. The van der Waals surface area contributed by atoms with E-state index < -0.39 is 0 Å². The van der Waals surface area contributed by atoms with Gasteiger partial charge in [0, 0.05) is 72.5 Å². The van der Waals surface area contributed by atoms with Crippen LogP contribution >= 0.6 is 0 Å². The lowest BCUT2D eigenvalue weighted by molar-refractivity contribution is 0.745. The average molecular weight is 959 g/mol. The third kappa shape index (κ3) is 7.06. The summed E-state index contributed by atoms with van der Waals surface area (Å²) in [5, 5.41) is 4.83. The summed E-state index contributed by atoms with van der Waals surface area (Å²) in [4.78, 5) is 18.0. The smallest absolute Gasteiger partial charge is 0.164 e. The second-order valence-corrected chi connectivity index (χ2v) is 19.5. The normalized spacial score (nSPS) is 14.8. The predicted molar refractivity (Wildman–Crippen MR) is 309 cm³/mol. The molecule has 6 nitrogen and oxygen atoms in total. The van der Waals surface area contributed by atoms with Gasteiger partial charge in [0.1, 0.15) is 0 Å². The van der Waals surface area contributed by atoms with E-state index in [1.54, 1.807) is 0 Å². The third-order valence-electron chi connectivity index (χ3n) is 15.3. The number of aromatic nitrogens is 5. The largest absolute Gasteiger partial charge is 0.333 e. The quantitative estimate of drug-likeness (QED) is 0.152. The zero-order valence-corrected chi connectivity index (χ0v) is 40.7. The first-order valence-electron chi connectivity index (χ1n) is 25.7. The standard InChI is InChI=1S/C69H46N6/c1-5-19-45(20-6-1)67-70-68(46-21-7-2-8-22-46)72-69(71-67)50-36-40-63(75-61-31-17-14-27-53(61)54-28-15-18-32-62(54)75)57(43-50)49-35-39-65-59(42-49)58-41-47(34-38-64(58)73(65)51-23-9-3-10-24-51)48-33-37-56-55-29-13-16-30-60(55)74(66(56)44-48)52-25-11-4-12-26-52/h1-44,53,61H. The van der Waals surface area contributed by atoms with Gasteiger partial charge in [0.25, 0.3) is 0 Å². The minimum Gasteiger partial charge on any atom is -0.333 e. The number of nitrogens with zero attached hydrogens (tertiary/aromatic N) is 6. The molecule has 10 aromatic carbocycles. The number of anilines is 2. The molecule has 0 radical (unpaired) electrons. The maximum absolute atomic E-state index is 5.22. The van der Waals surface area contributed by atoms with Crippen molar-refractivity contribution >= 4 is 55.0 Å². The number of fused-ring (bicyclic) bond motifs is 9. The maximum atomic E-state index is 5.22. The molecule has 0 amide bonds. The molecule has 75 heavy (non-hydrogen) atoms. The first-order valence-corrected chi connectivity index (χ1v) is 25.7. The molecule has 0 N–H and O–H groups in total. The van der Waals surface area contributed by atoms with Gasteiger partial charge in [-0.15, -0.1) is 0 Å². The molecule has 13 aromatic rings. The zero-order valence-electron chi connectivity index (χ0n) is 40.7. The summed E-state index contributed by atoms with van der Waals surface area (Å²) in [6.45, 7) is 0. The van der Waals surface area contributed by atoms with Crippen molar-refractivity contribution in [3.63, 3.8) is 0 Å². The van der Waals surface area contributed by atoms with Crippen LogP contribution in [-0.4, -0.2) is 30.1 Å². The average Bonchev–Trinajstić information content (AvgIpc) is 4.18. The minimum absolute atomic E-state index is 0.104. The third-order valence-corrected chi connectivity index (χ3v) is 15.3. The van der Waals surface area contributed by atoms with E-state index in [0.29, 0.717) is 17.5 Å². The number of allylic oxidation sites excluding steroid dienone is 2. The van der Waals surface area contributed by atoms with E-state index in [2.05, 4.69) is 245 Å². The van der Waals surface area contributed by atoms with Crippen LogP contribution in [0.1, 0.15) is 11.5 Å². The summed E-state index contributed by atoms with van der Waals surface area (Å²) in [6, 6.07) is 87.3. The Bertz CT molecular complexity index is 4360. The Hall–Kier alpha value is -9.91. The lowest BCUT2D eigenvalue weighted by atomic mass is 9.91. The SMILES string of the molecule is C1=CC2c3ccccc3N(c3ccc(-c4nc(-c5ccccc5)nc(-c5ccccc5)n4)cc3-c3ccc4c(c3)c3cc(-c5ccc6c7ccccc7n(-c7ccccc7)c6c5)ccc3n4-c3ccccc3)C2C=C1. The molecule has 2 atom stereocenters. The molecule has 2 unspecified atom stereocenters. The summed E-state index contributed by atoms with van der Waals surface area (Å²) in [7, 11) is 0. The molecule has 4 heterocycles. The summed E-state index contributed by atoms with van der Waals surface area (Å²) >= 11 is 0. The Morgan fingerprint density at radius 1 is 0.307 bits per heavy atom.